The summed E-state index contributed by atoms with van der Waals surface area (Å²) < 4.78 is 25.1. The fraction of sp³-hybridized carbons (Fsp3) is 0.458. The molecule has 2 aromatic rings. The molecule has 0 bridgehead atoms. The molecule has 7 heteroatoms. The standard InChI is InChI=1S/C24H31N3O3S/c1-18-9-12-26(13-10-18)17-20-5-3-19(4-6-20)16-25-24(28)22-7-8-23-21(15-22)11-14-27(23)31(2,29)30/h3-8,15,18H,9-14,16-17H2,1-2H3,(H,25,28). The van der Waals surface area contributed by atoms with Crippen LogP contribution in [-0.4, -0.2) is 45.1 Å². The van der Waals surface area contributed by atoms with Crippen molar-refractivity contribution >= 4 is 21.6 Å². The van der Waals surface area contributed by atoms with Crippen molar-refractivity contribution in [1.29, 1.82) is 0 Å². The van der Waals surface area contributed by atoms with Crippen LogP contribution in [0, 0.1) is 5.92 Å². The van der Waals surface area contributed by atoms with E-state index < -0.39 is 10.0 Å². The molecule has 6 nitrogen and oxygen atoms in total. The van der Waals surface area contributed by atoms with Crippen molar-refractivity contribution < 1.29 is 13.2 Å². The molecule has 1 N–H and O–H groups in total. The van der Waals surface area contributed by atoms with Gasteiger partial charge in [-0.15, -0.1) is 0 Å². The molecule has 0 aromatic heterocycles. The Morgan fingerprint density at radius 3 is 2.39 bits per heavy atom. The molecule has 0 atom stereocenters. The average molecular weight is 442 g/mol. The first-order chi connectivity index (χ1) is 14.8. The van der Waals surface area contributed by atoms with Crippen molar-refractivity contribution in [3.05, 3.63) is 64.7 Å². The van der Waals surface area contributed by atoms with Crippen LogP contribution in [-0.2, 0) is 29.5 Å². The van der Waals surface area contributed by atoms with Gasteiger partial charge in [0.25, 0.3) is 5.91 Å². The zero-order valence-electron chi connectivity index (χ0n) is 18.3. The summed E-state index contributed by atoms with van der Waals surface area (Å²) in [5.74, 6) is 0.693. The molecule has 2 aliphatic heterocycles. The number of likely N-dealkylation sites (tertiary alicyclic amines) is 1. The van der Waals surface area contributed by atoms with Gasteiger partial charge in [-0.1, -0.05) is 31.2 Å². The number of nitrogens with zero attached hydrogens (tertiary/aromatic N) is 2. The Bertz CT molecular complexity index is 1040. The van der Waals surface area contributed by atoms with Crippen molar-refractivity contribution in [2.75, 3.05) is 30.2 Å². The van der Waals surface area contributed by atoms with Gasteiger partial charge in [0.15, 0.2) is 0 Å². The maximum atomic E-state index is 12.6. The molecule has 2 aromatic carbocycles. The predicted molar refractivity (Wildman–Crippen MR) is 124 cm³/mol. The van der Waals surface area contributed by atoms with Crippen molar-refractivity contribution in [1.82, 2.24) is 10.2 Å². The van der Waals surface area contributed by atoms with Crippen molar-refractivity contribution in [2.45, 2.75) is 39.3 Å². The number of carbonyl (C=O) groups excluding carboxylic acids is 1. The number of hydrogen-bond acceptors (Lipinski definition) is 4. The largest absolute Gasteiger partial charge is 0.348 e. The smallest absolute Gasteiger partial charge is 0.251 e. The summed E-state index contributed by atoms with van der Waals surface area (Å²) >= 11 is 0. The molecule has 2 heterocycles. The number of hydrogen-bond donors (Lipinski definition) is 1. The van der Waals surface area contributed by atoms with Crippen LogP contribution in [0.15, 0.2) is 42.5 Å². The van der Waals surface area contributed by atoms with Gasteiger partial charge in [-0.05, 0) is 73.2 Å². The molecule has 31 heavy (non-hydrogen) atoms. The molecule has 4 rings (SSSR count). The van der Waals surface area contributed by atoms with E-state index >= 15 is 0 Å². The van der Waals surface area contributed by atoms with E-state index in [4.69, 9.17) is 0 Å². The molecule has 0 unspecified atom stereocenters. The SMILES string of the molecule is CC1CCN(Cc2ccc(CNC(=O)c3ccc4c(c3)CCN4S(C)(=O)=O)cc2)CC1. The lowest BCUT2D eigenvalue weighted by atomic mass is 9.99. The van der Waals surface area contributed by atoms with Gasteiger partial charge in [0.05, 0.1) is 11.9 Å². The lowest BCUT2D eigenvalue weighted by Crippen LogP contribution is -2.32. The molecular weight excluding hydrogens is 410 g/mol. The molecule has 1 amide bonds. The predicted octanol–water partition coefficient (Wildman–Crippen LogP) is 3.17. The Morgan fingerprint density at radius 2 is 1.71 bits per heavy atom. The number of amides is 1. The van der Waals surface area contributed by atoms with Crippen molar-refractivity contribution in [3.8, 4) is 0 Å². The lowest BCUT2D eigenvalue weighted by molar-refractivity contribution is 0.0951. The summed E-state index contributed by atoms with van der Waals surface area (Å²) in [6.45, 7) is 6.55. The van der Waals surface area contributed by atoms with Gasteiger partial charge in [0, 0.05) is 25.2 Å². The second-order valence-electron chi connectivity index (χ2n) is 8.89. The number of sulfonamides is 1. The van der Waals surface area contributed by atoms with E-state index in [1.54, 1.807) is 18.2 Å². The Hall–Kier alpha value is -2.38. The van der Waals surface area contributed by atoms with Crippen LogP contribution in [0.2, 0.25) is 0 Å². The number of rotatable bonds is 6. The third kappa shape index (κ3) is 5.28. The summed E-state index contributed by atoms with van der Waals surface area (Å²) in [7, 11) is -3.28. The second-order valence-corrected chi connectivity index (χ2v) is 10.8. The van der Waals surface area contributed by atoms with Gasteiger partial charge in [-0.3, -0.25) is 14.0 Å². The van der Waals surface area contributed by atoms with Gasteiger partial charge in [-0.25, -0.2) is 8.42 Å². The van der Waals surface area contributed by atoms with Crippen LogP contribution in [0.1, 0.15) is 46.8 Å². The number of nitrogens with one attached hydrogen (secondary N) is 1. The van der Waals surface area contributed by atoms with E-state index in [1.165, 1.54) is 42.1 Å². The van der Waals surface area contributed by atoms with Gasteiger partial charge in [0.2, 0.25) is 10.0 Å². The van der Waals surface area contributed by atoms with Gasteiger partial charge in [-0.2, -0.15) is 0 Å². The maximum Gasteiger partial charge on any atom is 0.251 e. The zero-order valence-corrected chi connectivity index (χ0v) is 19.1. The normalized spacial score (nSPS) is 17.5. The Balaban J connectivity index is 1.32. The van der Waals surface area contributed by atoms with Crippen LogP contribution < -0.4 is 9.62 Å². The summed E-state index contributed by atoms with van der Waals surface area (Å²) in [6, 6.07) is 13.7. The topological polar surface area (TPSA) is 69.7 Å². The molecule has 0 saturated carbocycles. The highest BCUT2D eigenvalue weighted by molar-refractivity contribution is 7.92. The first-order valence-corrected chi connectivity index (χ1v) is 12.8. The average Bonchev–Trinajstić information content (AvgIpc) is 3.18. The molecule has 1 saturated heterocycles. The second kappa shape index (κ2) is 9.01. The van der Waals surface area contributed by atoms with Gasteiger partial charge in [0.1, 0.15) is 0 Å². The Labute approximate surface area is 185 Å². The first kappa shape index (κ1) is 21.8. The minimum Gasteiger partial charge on any atom is -0.348 e. The van der Waals surface area contributed by atoms with E-state index in [-0.39, 0.29) is 5.91 Å². The summed E-state index contributed by atoms with van der Waals surface area (Å²) in [5, 5.41) is 2.97. The van der Waals surface area contributed by atoms with Crippen molar-refractivity contribution in [3.63, 3.8) is 0 Å². The van der Waals surface area contributed by atoms with Crippen LogP contribution in [0.3, 0.4) is 0 Å². The molecule has 0 radical (unpaired) electrons. The van der Waals surface area contributed by atoms with Crippen LogP contribution in [0.25, 0.3) is 0 Å². The van der Waals surface area contributed by atoms with E-state index in [9.17, 15) is 13.2 Å². The summed E-state index contributed by atoms with van der Waals surface area (Å²) in [4.78, 5) is 15.1. The van der Waals surface area contributed by atoms with E-state index in [0.29, 0.717) is 30.8 Å². The molecule has 0 aliphatic carbocycles. The van der Waals surface area contributed by atoms with E-state index in [1.807, 2.05) is 0 Å². The minimum atomic E-state index is -3.28. The quantitative estimate of drug-likeness (QED) is 0.748. The van der Waals surface area contributed by atoms with Crippen LogP contribution >= 0.6 is 0 Å². The lowest BCUT2D eigenvalue weighted by Gasteiger charge is -2.30. The number of anilines is 1. The molecule has 0 spiro atoms. The summed E-state index contributed by atoms with van der Waals surface area (Å²) in [6.07, 6.45) is 4.39. The van der Waals surface area contributed by atoms with Gasteiger partial charge < -0.3 is 5.32 Å². The summed E-state index contributed by atoms with van der Waals surface area (Å²) in [5.41, 5.74) is 4.50. The fourth-order valence-corrected chi connectivity index (χ4v) is 5.34. The maximum absolute atomic E-state index is 12.6. The van der Waals surface area contributed by atoms with Gasteiger partial charge >= 0.3 is 0 Å². The Morgan fingerprint density at radius 1 is 1.03 bits per heavy atom. The molecular formula is C24H31N3O3S. The number of carbonyl (C=O) groups is 1. The molecule has 1 fully saturated rings. The highest BCUT2D eigenvalue weighted by Crippen LogP contribution is 2.30. The minimum absolute atomic E-state index is 0.146. The van der Waals surface area contributed by atoms with E-state index in [2.05, 4.69) is 41.4 Å². The number of piperidine rings is 1. The zero-order chi connectivity index (χ0) is 22.0. The van der Waals surface area contributed by atoms with Crippen LogP contribution in [0.4, 0.5) is 5.69 Å². The third-order valence-electron chi connectivity index (χ3n) is 6.35. The first-order valence-electron chi connectivity index (χ1n) is 11.0. The molecule has 166 valence electrons. The van der Waals surface area contributed by atoms with E-state index in [0.717, 1.165) is 23.6 Å². The number of fused-ring (bicyclic) bond motifs is 1. The fourth-order valence-electron chi connectivity index (χ4n) is 4.38. The highest BCUT2D eigenvalue weighted by Gasteiger charge is 2.26. The Kier molecular flexibility index (Phi) is 6.34. The number of benzene rings is 2. The van der Waals surface area contributed by atoms with Crippen molar-refractivity contribution in [2.24, 2.45) is 5.92 Å². The molecule has 2 aliphatic rings. The monoisotopic (exact) mass is 441 g/mol. The third-order valence-corrected chi connectivity index (χ3v) is 7.53. The highest BCUT2D eigenvalue weighted by atomic mass is 32.2. The van der Waals surface area contributed by atoms with Crippen LogP contribution in [0.5, 0.6) is 0 Å².